The first-order valence-electron chi connectivity index (χ1n) is 9.60. The van der Waals surface area contributed by atoms with Crippen LogP contribution >= 0.6 is 0 Å². The van der Waals surface area contributed by atoms with Gasteiger partial charge in [-0.25, -0.2) is 0 Å². The van der Waals surface area contributed by atoms with Crippen LogP contribution in [-0.2, 0) is 9.59 Å². The van der Waals surface area contributed by atoms with Crippen LogP contribution in [0.4, 0.5) is 5.69 Å². The van der Waals surface area contributed by atoms with Gasteiger partial charge in [0.1, 0.15) is 11.5 Å². The summed E-state index contributed by atoms with van der Waals surface area (Å²) in [6.45, 7) is 3.88. The molecule has 1 unspecified atom stereocenters. The maximum atomic E-state index is 13.0. The molecule has 5 nitrogen and oxygen atoms in total. The molecule has 0 spiro atoms. The summed E-state index contributed by atoms with van der Waals surface area (Å²) in [6.07, 6.45) is 0. The zero-order chi connectivity index (χ0) is 21.4. The van der Waals surface area contributed by atoms with Crippen LogP contribution in [-0.4, -0.2) is 21.9 Å². The molecule has 5 heteroatoms. The van der Waals surface area contributed by atoms with Crippen molar-refractivity contribution in [2.45, 2.75) is 19.9 Å². The number of phenolic OH excluding ortho intramolecular Hbond substituents is 1. The molecular weight excluding hydrogens is 378 g/mol. The van der Waals surface area contributed by atoms with Gasteiger partial charge in [-0.2, -0.15) is 0 Å². The summed E-state index contributed by atoms with van der Waals surface area (Å²) in [4.78, 5) is 27.4. The number of hydrogen-bond acceptors (Lipinski definition) is 4. The number of benzene rings is 3. The Bertz CT molecular complexity index is 1140. The highest BCUT2D eigenvalue weighted by Gasteiger charge is 2.46. The third-order valence-electron chi connectivity index (χ3n) is 5.29. The zero-order valence-electron chi connectivity index (χ0n) is 16.7. The lowest BCUT2D eigenvalue weighted by Gasteiger charge is -2.25. The Morgan fingerprint density at radius 3 is 1.90 bits per heavy atom. The number of ketones is 1. The third-order valence-corrected chi connectivity index (χ3v) is 5.29. The predicted octanol–water partition coefficient (Wildman–Crippen LogP) is 4.64. The Morgan fingerprint density at radius 1 is 0.800 bits per heavy atom. The van der Waals surface area contributed by atoms with E-state index in [-0.39, 0.29) is 17.1 Å². The van der Waals surface area contributed by atoms with Gasteiger partial charge in [0.25, 0.3) is 11.7 Å². The van der Waals surface area contributed by atoms with Gasteiger partial charge in [0.05, 0.1) is 11.6 Å². The number of hydrogen-bond donors (Lipinski definition) is 2. The second-order valence-corrected chi connectivity index (χ2v) is 7.46. The van der Waals surface area contributed by atoms with Crippen LogP contribution in [0.1, 0.15) is 28.3 Å². The molecule has 4 rings (SSSR count). The standard InChI is InChI=1S/C25H21NO4/c1-15-3-7-17(8-4-15)22-21(23(28)18-9-5-16(2)6-10-18)24(29)25(30)26(22)19-11-13-20(27)14-12-19/h3-14,22,27-28H,1-2H3. The topological polar surface area (TPSA) is 77.8 Å². The quantitative estimate of drug-likeness (QED) is 0.382. The summed E-state index contributed by atoms with van der Waals surface area (Å²) in [5.74, 6) is -1.62. The molecule has 0 bridgehead atoms. The number of rotatable bonds is 3. The number of amides is 1. The molecule has 3 aromatic carbocycles. The van der Waals surface area contributed by atoms with Crippen LogP contribution in [0.2, 0.25) is 0 Å². The van der Waals surface area contributed by atoms with Crippen LogP contribution in [0.5, 0.6) is 5.75 Å². The fourth-order valence-electron chi connectivity index (χ4n) is 3.64. The average Bonchev–Trinajstić information content (AvgIpc) is 3.00. The second-order valence-electron chi connectivity index (χ2n) is 7.46. The maximum Gasteiger partial charge on any atom is 0.300 e. The van der Waals surface area contributed by atoms with Crippen molar-refractivity contribution >= 4 is 23.1 Å². The molecule has 1 amide bonds. The lowest BCUT2D eigenvalue weighted by Crippen LogP contribution is -2.29. The largest absolute Gasteiger partial charge is 0.508 e. The summed E-state index contributed by atoms with van der Waals surface area (Å²) >= 11 is 0. The highest BCUT2D eigenvalue weighted by Crippen LogP contribution is 2.42. The summed E-state index contributed by atoms with van der Waals surface area (Å²) < 4.78 is 0. The van der Waals surface area contributed by atoms with Crippen molar-refractivity contribution in [2.24, 2.45) is 0 Å². The van der Waals surface area contributed by atoms with Gasteiger partial charge in [-0.05, 0) is 43.7 Å². The van der Waals surface area contributed by atoms with Crippen molar-refractivity contribution in [3.8, 4) is 5.75 Å². The number of aliphatic hydroxyl groups excluding tert-OH is 1. The first kappa shape index (κ1) is 19.5. The highest BCUT2D eigenvalue weighted by molar-refractivity contribution is 6.51. The van der Waals surface area contributed by atoms with E-state index in [1.807, 2.05) is 50.2 Å². The minimum Gasteiger partial charge on any atom is -0.508 e. The number of aromatic hydroxyl groups is 1. The van der Waals surface area contributed by atoms with Gasteiger partial charge in [-0.1, -0.05) is 59.7 Å². The van der Waals surface area contributed by atoms with Crippen molar-refractivity contribution in [3.63, 3.8) is 0 Å². The second kappa shape index (κ2) is 7.52. The molecule has 1 fully saturated rings. The predicted molar refractivity (Wildman–Crippen MR) is 115 cm³/mol. The first-order valence-corrected chi connectivity index (χ1v) is 9.60. The Morgan fingerprint density at radius 2 is 1.33 bits per heavy atom. The van der Waals surface area contributed by atoms with Crippen molar-refractivity contribution in [1.29, 1.82) is 0 Å². The molecule has 1 aliphatic heterocycles. The van der Waals surface area contributed by atoms with Crippen molar-refractivity contribution < 1.29 is 19.8 Å². The van der Waals surface area contributed by atoms with Crippen LogP contribution < -0.4 is 4.90 Å². The van der Waals surface area contributed by atoms with Gasteiger partial charge in [-0.3, -0.25) is 14.5 Å². The van der Waals surface area contributed by atoms with Gasteiger partial charge < -0.3 is 10.2 Å². The van der Waals surface area contributed by atoms with Crippen LogP contribution in [0.25, 0.3) is 5.76 Å². The fourth-order valence-corrected chi connectivity index (χ4v) is 3.64. The van der Waals surface area contributed by atoms with E-state index < -0.39 is 17.7 Å². The Balaban J connectivity index is 1.93. The average molecular weight is 399 g/mol. The lowest BCUT2D eigenvalue weighted by molar-refractivity contribution is -0.132. The van der Waals surface area contributed by atoms with Gasteiger partial charge in [0.2, 0.25) is 0 Å². The van der Waals surface area contributed by atoms with E-state index in [0.717, 1.165) is 11.1 Å². The Labute approximate surface area is 174 Å². The van der Waals surface area contributed by atoms with E-state index in [9.17, 15) is 19.8 Å². The van der Waals surface area contributed by atoms with Gasteiger partial charge in [0.15, 0.2) is 0 Å². The third kappa shape index (κ3) is 3.35. The first-order chi connectivity index (χ1) is 14.4. The molecule has 0 radical (unpaired) electrons. The van der Waals surface area contributed by atoms with Crippen molar-refractivity contribution in [3.05, 3.63) is 101 Å². The van der Waals surface area contributed by atoms with Gasteiger partial charge >= 0.3 is 0 Å². The number of aliphatic hydroxyl groups is 1. The maximum absolute atomic E-state index is 13.0. The number of anilines is 1. The minimum atomic E-state index is -0.781. The van der Waals surface area contributed by atoms with Crippen molar-refractivity contribution in [1.82, 2.24) is 0 Å². The normalized spacial score (nSPS) is 18.1. The number of nitrogens with zero attached hydrogens (tertiary/aromatic N) is 1. The van der Waals surface area contributed by atoms with E-state index in [4.69, 9.17) is 0 Å². The number of phenols is 1. The number of aryl methyl sites for hydroxylation is 2. The number of Topliss-reactive ketones (excluding diaryl/α,β-unsaturated/α-hetero) is 1. The van der Waals surface area contributed by atoms with E-state index >= 15 is 0 Å². The smallest absolute Gasteiger partial charge is 0.300 e. The van der Waals surface area contributed by atoms with Gasteiger partial charge in [0, 0.05) is 11.3 Å². The molecule has 0 aromatic heterocycles. The molecule has 1 heterocycles. The molecular formula is C25H21NO4. The van der Waals surface area contributed by atoms with E-state index in [1.165, 1.54) is 17.0 Å². The number of carbonyl (C=O) groups is 2. The van der Waals surface area contributed by atoms with Crippen molar-refractivity contribution in [2.75, 3.05) is 4.90 Å². The zero-order valence-corrected chi connectivity index (χ0v) is 16.7. The lowest BCUT2D eigenvalue weighted by atomic mass is 9.94. The molecule has 30 heavy (non-hydrogen) atoms. The molecule has 0 aliphatic carbocycles. The monoisotopic (exact) mass is 399 g/mol. The van der Waals surface area contributed by atoms with E-state index in [2.05, 4.69) is 0 Å². The summed E-state index contributed by atoms with van der Waals surface area (Å²) in [6, 6.07) is 19.9. The van der Waals surface area contributed by atoms with E-state index in [1.54, 1.807) is 24.3 Å². The molecule has 1 aliphatic rings. The molecule has 1 atom stereocenters. The van der Waals surface area contributed by atoms with Crippen LogP contribution in [0.3, 0.4) is 0 Å². The van der Waals surface area contributed by atoms with E-state index in [0.29, 0.717) is 16.8 Å². The Kier molecular flexibility index (Phi) is 4.88. The summed E-state index contributed by atoms with van der Waals surface area (Å²) in [7, 11) is 0. The van der Waals surface area contributed by atoms with Crippen LogP contribution in [0.15, 0.2) is 78.4 Å². The SMILES string of the molecule is Cc1ccc(C(O)=C2C(=O)C(=O)N(c3ccc(O)cc3)C2c2ccc(C)cc2)cc1. The van der Waals surface area contributed by atoms with Crippen LogP contribution in [0, 0.1) is 13.8 Å². The molecule has 1 saturated heterocycles. The molecule has 3 aromatic rings. The summed E-state index contributed by atoms with van der Waals surface area (Å²) in [5, 5.41) is 20.7. The van der Waals surface area contributed by atoms with Gasteiger partial charge in [-0.15, -0.1) is 0 Å². The summed E-state index contributed by atoms with van der Waals surface area (Å²) in [5.41, 5.74) is 3.75. The fraction of sp³-hybridized carbons (Fsp3) is 0.120. The minimum absolute atomic E-state index is 0.0424. The number of carbonyl (C=O) groups excluding carboxylic acids is 2. The molecule has 0 saturated carbocycles. The molecule has 2 N–H and O–H groups in total. The Hall–Kier alpha value is -3.86. The highest BCUT2D eigenvalue weighted by atomic mass is 16.3. The molecule has 150 valence electrons.